The standard InChI is InChI=1S/C6H11NO/c1-2-6(8)5-7-3-4-7/h2,6,8H,1,3-5H2/t6-/m0/s1. The molecule has 2 heteroatoms. The number of aliphatic hydroxyl groups excluding tert-OH is 1. The first kappa shape index (κ1) is 5.79. The fourth-order valence-electron chi connectivity index (χ4n) is 0.592. The molecule has 2 nitrogen and oxygen atoms in total. The average Bonchev–Trinajstić information content (AvgIpc) is 2.50. The summed E-state index contributed by atoms with van der Waals surface area (Å²) in [5, 5.41) is 8.91. The predicted octanol–water partition coefficient (Wildman–Crippen LogP) is -0.151. The van der Waals surface area contributed by atoms with E-state index in [2.05, 4.69) is 11.5 Å². The van der Waals surface area contributed by atoms with Crippen LogP contribution in [0.3, 0.4) is 0 Å². The van der Waals surface area contributed by atoms with Crippen LogP contribution in [0.5, 0.6) is 0 Å². The molecule has 1 aliphatic heterocycles. The summed E-state index contributed by atoms with van der Waals surface area (Å²) >= 11 is 0. The summed E-state index contributed by atoms with van der Waals surface area (Å²) in [6, 6.07) is 0. The van der Waals surface area contributed by atoms with Crippen LogP contribution < -0.4 is 0 Å². The molecule has 0 aromatic rings. The van der Waals surface area contributed by atoms with E-state index >= 15 is 0 Å². The molecule has 1 heterocycles. The van der Waals surface area contributed by atoms with Gasteiger partial charge in [-0.2, -0.15) is 0 Å². The number of hydrogen-bond donors (Lipinski definition) is 1. The number of hydrogen-bond acceptors (Lipinski definition) is 2. The molecule has 0 aliphatic carbocycles. The molecule has 1 rings (SSSR count). The Bertz CT molecular complexity index is 88.5. The van der Waals surface area contributed by atoms with Crippen LogP contribution >= 0.6 is 0 Å². The van der Waals surface area contributed by atoms with Crippen LogP contribution in [0, 0.1) is 0 Å². The Balaban J connectivity index is 2.06. The van der Waals surface area contributed by atoms with Crippen molar-refractivity contribution in [3.8, 4) is 0 Å². The van der Waals surface area contributed by atoms with E-state index in [-0.39, 0.29) is 6.10 Å². The van der Waals surface area contributed by atoms with Gasteiger partial charge in [-0.15, -0.1) is 6.58 Å². The highest BCUT2D eigenvalue weighted by molar-refractivity contribution is 4.85. The Labute approximate surface area is 49.4 Å². The van der Waals surface area contributed by atoms with Crippen LogP contribution in [0.2, 0.25) is 0 Å². The molecule has 8 heavy (non-hydrogen) atoms. The van der Waals surface area contributed by atoms with Crippen molar-refractivity contribution >= 4 is 0 Å². The molecule has 46 valence electrons. The van der Waals surface area contributed by atoms with Gasteiger partial charge < -0.3 is 5.11 Å². The van der Waals surface area contributed by atoms with Gasteiger partial charge in [0.25, 0.3) is 0 Å². The van der Waals surface area contributed by atoms with E-state index in [1.807, 2.05) is 0 Å². The Kier molecular flexibility index (Phi) is 1.65. The zero-order chi connectivity index (χ0) is 5.98. The van der Waals surface area contributed by atoms with Crippen molar-refractivity contribution in [3.63, 3.8) is 0 Å². The lowest BCUT2D eigenvalue weighted by Crippen LogP contribution is -2.15. The zero-order valence-corrected chi connectivity index (χ0v) is 4.88. The molecule has 0 aromatic heterocycles. The molecule has 0 spiro atoms. The lowest BCUT2D eigenvalue weighted by atomic mass is 10.3. The van der Waals surface area contributed by atoms with Gasteiger partial charge in [0.1, 0.15) is 0 Å². The molecule has 0 aromatic carbocycles. The van der Waals surface area contributed by atoms with E-state index in [0.717, 1.165) is 19.6 Å². The van der Waals surface area contributed by atoms with Gasteiger partial charge >= 0.3 is 0 Å². The summed E-state index contributed by atoms with van der Waals surface area (Å²) in [6.07, 6.45) is 1.25. The summed E-state index contributed by atoms with van der Waals surface area (Å²) in [7, 11) is 0. The molecular formula is C6H11NO. The Morgan fingerprint density at radius 1 is 1.75 bits per heavy atom. The van der Waals surface area contributed by atoms with E-state index in [1.54, 1.807) is 6.08 Å². The summed E-state index contributed by atoms with van der Waals surface area (Å²) in [5.41, 5.74) is 0. The van der Waals surface area contributed by atoms with Gasteiger partial charge in [-0.05, 0) is 0 Å². The predicted molar refractivity (Wildman–Crippen MR) is 32.6 cm³/mol. The second kappa shape index (κ2) is 2.29. The Morgan fingerprint density at radius 3 is 2.75 bits per heavy atom. The maximum absolute atomic E-state index is 8.91. The van der Waals surface area contributed by atoms with Gasteiger partial charge in [0.2, 0.25) is 0 Å². The SMILES string of the molecule is C=C[C@H](O)CN1CC1. The molecule has 0 saturated carbocycles. The first-order valence-electron chi connectivity index (χ1n) is 2.86. The molecule has 1 N–H and O–H groups in total. The highest BCUT2D eigenvalue weighted by Gasteiger charge is 2.18. The Hall–Kier alpha value is -0.340. The van der Waals surface area contributed by atoms with Gasteiger partial charge in [-0.1, -0.05) is 6.08 Å². The van der Waals surface area contributed by atoms with Crippen molar-refractivity contribution in [1.82, 2.24) is 4.90 Å². The van der Waals surface area contributed by atoms with Crippen LogP contribution in [0.25, 0.3) is 0 Å². The van der Waals surface area contributed by atoms with E-state index in [9.17, 15) is 0 Å². The van der Waals surface area contributed by atoms with Gasteiger partial charge in [-0.3, -0.25) is 4.90 Å². The normalized spacial score (nSPS) is 22.6. The minimum atomic E-state index is -0.322. The van der Waals surface area contributed by atoms with E-state index in [4.69, 9.17) is 5.11 Å². The smallest absolute Gasteiger partial charge is 0.0845 e. The third-order valence-corrected chi connectivity index (χ3v) is 1.26. The highest BCUT2D eigenvalue weighted by atomic mass is 16.3. The van der Waals surface area contributed by atoms with Crippen LogP contribution in [0.4, 0.5) is 0 Å². The molecule has 0 unspecified atom stereocenters. The van der Waals surface area contributed by atoms with Crippen molar-refractivity contribution in [2.45, 2.75) is 6.10 Å². The topological polar surface area (TPSA) is 23.2 Å². The maximum Gasteiger partial charge on any atom is 0.0845 e. The second-order valence-electron chi connectivity index (χ2n) is 2.10. The number of aliphatic hydroxyl groups is 1. The molecule has 1 saturated heterocycles. The van der Waals surface area contributed by atoms with Crippen molar-refractivity contribution in [2.75, 3.05) is 19.6 Å². The van der Waals surface area contributed by atoms with Crippen LogP contribution in [0.1, 0.15) is 0 Å². The van der Waals surface area contributed by atoms with Crippen LogP contribution in [-0.4, -0.2) is 35.7 Å². The maximum atomic E-state index is 8.91. The minimum Gasteiger partial charge on any atom is -0.388 e. The van der Waals surface area contributed by atoms with Crippen molar-refractivity contribution in [2.24, 2.45) is 0 Å². The summed E-state index contributed by atoms with van der Waals surface area (Å²) in [5.74, 6) is 0. The van der Waals surface area contributed by atoms with Crippen LogP contribution in [-0.2, 0) is 0 Å². The zero-order valence-electron chi connectivity index (χ0n) is 4.88. The molecule has 1 atom stereocenters. The first-order chi connectivity index (χ1) is 3.83. The molecule has 0 amide bonds. The third kappa shape index (κ3) is 1.64. The molecule has 1 aliphatic rings. The lowest BCUT2D eigenvalue weighted by molar-refractivity contribution is 0.200. The van der Waals surface area contributed by atoms with Crippen molar-refractivity contribution < 1.29 is 5.11 Å². The van der Waals surface area contributed by atoms with Gasteiger partial charge in [-0.25, -0.2) is 0 Å². The molecule has 0 bridgehead atoms. The molecular weight excluding hydrogens is 102 g/mol. The van der Waals surface area contributed by atoms with Gasteiger partial charge in [0, 0.05) is 19.6 Å². The molecule has 1 fully saturated rings. The number of nitrogens with zero attached hydrogens (tertiary/aromatic N) is 1. The largest absolute Gasteiger partial charge is 0.388 e. The summed E-state index contributed by atoms with van der Waals surface area (Å²) in [6.45, 7) is 6.52. The minimum absolute atomic E-state index is 0.322. The number of β-amino-alcohol motifs (C(OH)–C–C–N with tert-alkyl or cyclic N) is 1. The van der Waals surface area contributed by atoms with Crippen molar-refractivity contribution in [3.05, 3.63) is 12.7 Å². The lowest BCUT2D eigenvalue weighted by Gasteiger charge is -2.02. The quantitative estimate of drug-likeness (QED) is 0.406. The average molecular weight is 113 g/mol. The monoisotopic (exact) mass is 113 g/mol. The molecule has 0 radical (unpaired) electrons. The van der Waals surface area contributed by atoms with Gasteiger partial charge in [0.15, 0.2) is 0 Å². The Morgan fingerprint density at radius 2 is 2.38 bits per heavy atom. The third-order valence-electron chi connectivity index (χ3n) is 1.26. The van der Waals surface area contributed by atoms with E-state index < -0.39 is 0 Å². The summed E-state index contributed by atoms with van der Waals surface area (Å²) < 4.78 is 0. The van der Waals surface area contributed by atoms with E-state index in [0.29, 0.717) is 0 Å². The van der Waals surface area contributed by atoms with Gasteiger partial charge in [0.05, 0.1) is 6.10 Å². The summed E-state index contributed by atoms with van der Waals surface area (Å²) in [4.78, 5) is 2.16. The fraction of sp³-hybridized carbons (Fsp3) is 0.667. The highest BCUT2D eigenvalue weighted by Crippen LogP contribution is 2.03. The van der Waals surface area contributed by atoms with Crippen LogP contribution in [0.15, 0.2) is 12.7 Å². The van der Waals surface area contributed by atoms with Crippen molar-refractivity contribution in [1.29, 1.82) is 0 Å². The first-order valence-corrected chi connectivity index (χ1v) is 2.86. The second-order valence-corrected chi connectivity index (χ2v) is 2.10. The fourth-order valence-corrected chi connectivity index (χ4v) is 0.592. The number of rotatable bonds is 3. The van der Waals surface area contributed by atoms with E-state index in [1.165, 1.54) is 0 Å².